The van der Waals surface area contributed by atoms with Gasteiger partial charge in [-0.2, -0.15) is 0 Å². The van der Waals surface area contributed by atoms with E-state index in [0.29, 0.717) is 12.8 Å². The Kier molecular flexibility index (Phi) is 9.52. The number of hydrogen-bond acceptors (Lipinski definition) is 5. The zero-order valence-corrected chi connectivity index (χ0v) is 17.2. The van der Waals surface area contributed by atoms with Crippen LogP contribution in [0.1, 0.15) is 39.0 Å². The van der Waals surface area contributed by atoms with Crippen LogP contribution >= 0.6 is 15.2 Å². The standard InChI is InChI=1S/C8H18O7P2.2Na/c1-7(4-2-3-5-7)6-8(9,16(10,11)12)17(13,14)15;;/h9H,2-6H2,1H3,(H2,10,11,12)(H2,13,14,15);;/q;2*+1/p-2. The third-order valence-corrected chi connectivity index (χ3v) is 7.02. The van der Waals surface area contributed by atoms with E-state index in [9.17, 15) is 24.0 Å². The van der Waals surface area contributed by atoms with Crippen molar-refractivity contribution in [2.24, 2.45) is 5.41 Å². The minimum absolute atomic E-state index is 0. The molecule has 3 N–H and O–H groups in total. The van der Waals surface area contributed by atoms with Gasteiger partial charge >= 0.3 is 59.1 Å². The van der Waals surface area contributed by atoms with Gasteiger partial charge in [0.2, 0.25) is 0 Å². The van der Waals surface area contributed by atoms with Crippen molar-refractivity contribution < 1.29 is 92.9 Å². The summed E-state index contributed by atoms with van der Waals surface area (Å²) < 4.78 is 22.1. The largest absolute Gasteiger partial charge is 1.00 e. The Balaban J connectivity index is 0. The van der Waals surface area contributed by atoms with Crippen LogP contribution < -0.4 is 68.9 Å². The second-order valence-corrected chi connectivity index (χ2v) is 8.92. The zero-order chi connectivity index (χ0) is 13.5. The Hall–Kier alpha value is 2.26. The van der Waals surface area contributed by atoms with E-state index in [2.05, 4.69) is 0 Å². The monoisotopic (exact) mass is 332 g/mol. The van der Waals surface area contributed by atoms with Gasteiger partial charge in [-0.1, -0.05) is 19.8 Å². The predicted molar refractivity (Wildman–Crippen MR) is 55.8 cm³/mol. The van der Waals surface area contributed by atoms with Crippen molar-refractivity contribution in [3.8, 4) is 0 Å². The van der Waals surface area contributed by atoms with E-state index in [1.54, 1.807) is 6.92 Å². The Morgan fingerprint density at radius 2 is 1.42 bits per heavy atom. The molecule has 1 fully saturated rings. The third-order valence-electron chi connectivity index (χ3n) is 3.38. The quantitative estimate of drug-likeness (QED) is 0.343. The third kappa shape index (κ3) is 5.43. The molecule has 1 saturated carbocycles. The van der Waals surface area contributed by atoms with Crippen molar-refractivity contribution in [3.05, 3.63) is 0 Å². The molecule has 0 amide bonds. The summed E-state index contributed by atoms with van der Waals surface area (Å²) in [6.45, 7) is 1.62. The van der Waals surface area contributed by atoms with Gasteiger partial charge in [-0.25, -0.2) is 0 Å². The normalized spacial score (nSPS) is 27.1. The van der Waals surface area contributed by atoms with Crippen LogP contribution in [0.5, 0.6) is 0 Å². The second kappa shape index (κ2) is 7.69. The van der Waals surface area contributed by atoms with E-state index in [1.165, 1.54) is 0 Å². The number of aliphatic hydroxyl groups is 1. The molecule has 2 atom stereocenters. The van der Waals surface area contributed by atoms with Crippen LogP contribution in [0.2, 0.25) is 0 Å². The molecule has 11 heteroatoms. The van der Waals surface area contributed by atoms with Gasteiger partial charge in [0.15, 0.2) is 20.3 Å². The summed E-state index contributed by atoms with van der Waals surface area (Å²) in [4.78, 5) is 39.8. The average molecular weight is 332 g/mol. The van der Waals surface area contributed by atoms with Crippen LogP contribution in [0.4, 0.5) is 0 Å². The SMILES string of the molecule is CC1(CC(O)(P(=O)([O-])O)P(=O)([O-])O)CCCC1.[Na+].[Na+]. The second-order valence-electron chi connectivity index (χ2n) is 5.01. The summed E-state index contributed by atoms with van der Waals surface area (Å²) in [6, 6.07) is 0. The smallest absolute Gasteiger partial charge is 0.776 e. The van der Waals surface area contributed by atoms with Crippen LogP contribution in [-0.2, 0) is 9.13 Å². The van der Waals surface area contributed by atoms with E-state index in [0.717, 1.165) is 12.8 Å². The van der Waals surface area contributed by atoms with Gasteiger partial charge in [0.25, 0.3) is 0 Å². The molecule has 1 rings (SSSR count). The first-order chi connectivity index (χ1) is 7.41. The average Bonchev–Trinajstić information content (AvgIpc) is 2.47. The van der Waals surface area contributed by atoms with E-state index in [-0.39, 0.29) is 59.1 Å². The molecular formula is C8H16Na2O7P2. The fourth-order valence-corrected chi connectivity index (χ4v) is 4.78. The first-order valence-electron chi connectivity index (χ1n) is 5.22. The maximum absolute atomic E-state index is 11.0. The van der Waals surface area contributed by atoms with Crippen molar-refractivity contribution >= 4 is 15.2 Å². The topological polar surface area (TPSA) is 141 Å². The van der Waals surface area contributed by atoms with Crippen LogP contribution in [0.25, 0.3) is 0 Å². The maximum atomic E-state index is 11.0. The van der Waals surface area contributed by atoms with Gasteiger partial charge in [0.1, 0.15) is 0 Å². The molecular weight excluding hydrogens is 316 g/mol. The van der Waals surface area contributed by atoms with E-state index < -0.39 is 32.1 Å². The Morgan fingerprint density at radius 3 is 1.68 bits per heavy atom. The van der Waals surface area contributed by atoms with E-state index in [1.807, 2.05) is 0 Å². The molecule has 1 aliphatic rings. The van der Waals surface area contributed by atoms with Gasteiger partial charge in [0, 0.05) is 0 Å². The number of rotatable bonds is 4. The van der Waals surface area contributed by atoms with Crippen molar-refractivity contribution in [2.45, 2.75) is 44.1 Å². The minimum atomic E-state index is -5.62. The van der Waals surface area contributed by atoms with E-state index >= 15 is 0 Å². The molecule has 0 heterocycles. The van der Waals surface area contributed by atoms with Gasteiger partial charge in [0.05, 0.1) is 0 Å². The molecule has 7 nitrogen and oxygen atoms in total. The molecule has 102 valence electrons. The Morgan fingerprint density at radius 1 is 1.11 bits per heavy atom. The fourth-order valence-electron chi connectivity index (χ4n) is 2.34. The Labute approximate surface area is 156 Å². The molecule has 0 aromatic heterocycles. The first-order valence-corrected chi connectivity index (χ1v) is 8.37. The maximum Gasteiger partial charge on any atom is 1.00 e. The van der Waals surface area contributed by atoms with Gasteiger partial charge < -0.3 is 33.8 Å². The summed E-state index contributed by atoms with van der Waals surface area (Å²) in [5.41, 5.74) is -0.722. The summed E-state index contributed by atoms with van der Waals surface area (Å²) in [5, 5.41) is 6.17. The fraction of sp³-hybridized carbons (Fsp3) is 1.00. The molecule has 2 unspecified atom stereocenters. The van der Waals surface area contributed by atoms with Crippen LogP contribution in [0.3, 0.4) is 0 Å². The summed E-state index contributed by atoms with van der Waals surface area (Å²) in [5.74, 6) is 0. The summed E-state index contributed by atoms with van der Waals surface area (Å²) >= 11 is 0. The summed E-state index contributed by atoms with van der Waals surface area (Å²) in [7, 11) is -11.2. The van der Waals surface area contributed by atoms with Gasteiger partial charge in [-0.3, -0.25) is 0 Å². The molecule has 0 aromatic rings. The molecule has 0 bridgehead atoms. The van der Waals surface area contributed by atoms with Gasteiger partial charge in [-0.05, 0) is 24.7 Å². The first kappa shape index (κ1) is 23.5. The predicted octanol–water partition coefficient (Wildman–Crippen LogP) is -6.30. The zero-order valence-electron chi connectivity index (χ0n) is 11.4. The minimum Gasteiger partial charge on any atom is -0.776 e. The number of hydrogen-bond donors (Lipinski definition) is 3. The van der Waals surface area contributed by atoms with Crippen LogP contribution in [0.15, 0.2) is 0 Å². The van der Waals surface area contributed by atoms with Gasteiger partial charge in [-0.15, -0.1) is 0 Å². The van der Waals surface area contributed by atoms with Crippen molar-refractivity contribution in [3.63, 3.8) is 0 Å². The molecule has 0 saturated heterocycles. The Bertz CT molecular complexity index is 363. The molecule has 0 aromatic carbocycles. The van der Waals surface area contributed by atoms with Crippen LogP contribution in [0, 0.1) is 5.41 Å². The molecule has 0 aliphatic heterocycles. The molecule has 0 spiro atoms. The van der Waals surface area contributed by atoms with Crippen molar-refractivity contribution in [1.82, 2.24) is 0 Å². The molecule has 19 heavy (non-hydrogen) atoms. The van der Waals surface area contributed by atoms with Crippen molar-refractivity contribution in [2.75, 3.05) is 0 Å². The molecule has 0 radical (unpaired) electrons. The van der Waals surface area contributed by atoms with Crippen molar-refractivity contribution in [1.29, 1.82) is 0 Å². The van der Waals surface area contributed by atoms with Crippen LogP contribution in [-0.4, -0.2) is 20.0 Å². The van der Waals surface area contributed by atoms with E-state index in [4.69, 9.17) is 9.79 Å². The molecule has 1 aliphatic carbocycles. The summed E-state index contributed by atoms with van der Waals surface area (Å²) in [6.07, 6.45) is 1.94.